The lowest BCUT2D eigenvalue weighted by molar-refractivity contribution is 0.0957. The summed E-state index contributed by atoms with van der Waals surface area (Å²) in [5, 5.41) is 3.67. The number of carbonyl (C=O) groups is 1. The van der Waals surface area contributed by atoms with Gasteiger partial charge < -0.3 is 15.0 Å². The number of ether oxygens (including phenoxy) is 1. The maximum atomic E-state index is 14.2. The molecule has 3 aromatic heterocycles. The van der Waals surface area contributed by atoms with Crippen LogP contribution in [-0.4, -0.2) is 57.1 Å². The van der Waals surface area contributed by atoms with E-state index in [0.29, 0.717) is 42.7 Å². The molecule has 0 unspecified atom stereocenters. The van der Waals surface area contributed by atoms with Gasteiger partial charge in [0.05, 0.1) is 47.7 Å². The van der Waals surface area contributed by atoms with E-state index in [1.54, 1.807) is 35.4 Å². The van der Waals surface area contributed by atoms with Gasteiger partial charge in [0, 0.05) is 24.8 Å². The molecule has 0 saturated carbocycles. The Labute approximate surface area is 216 Å². The number of nitrogens with zero attached hydrogens (tertiary/aromatic N) is 6. The number of hydrogen-bond donors (Lipinski definition) is 3. The quantitative estimate of drug-likeness (QED) is 0.311. The van der Waals surface area contributed by atoms with Crippen LogP contribution in [0, 0.1) is 5.82 Å². The maximum absolute atomic E-state index is 14.2. The molecule has 188 valence electrons. The molecule has 1 aliphatic rings. The minimum atomic E-state index is -0.549. The van der Waals surface area contributed by atoms with E-state index in [4.69, 9.17) is 16.3 Å². The van der Waals surface area contributed by atoms with Gasteiger partial charge in [-0.25, -0.2) is 24.3 Å². The third-order valence-corrected chi connectivity index (χ3v) is 5.76. The van der Waals surface area contributed by atoms with Crippen molar-refractivity contribution < 1.29 is 13.9 Å². The number of benzene rings is 1. The summed E-state index contributed by atoms with van der Waals surface area (Å²) in [5.41, 5.74) is 8.15. The topological polar surface area (TPSA) is 130 Å². The lowest BCUT2D eigenvalue weighted by atomic mass is 10.1. The normalized spacial score (nSPS) is 13.2. The van der Waals surface area contributed by atoms with Crippen LogP contribution >= 0.6 is 11.6 Å². The second-order valence-electron chi connectivity index (χ2n) is 7.89. The Balaban J connectivity index is 1.19. The van der Waals surface area contributed by atoms with Crippen LogP contribution in [0.15, 0.2) is 61.3 Å². The molecule has 4 heterocycles. The summed E-state index contributed by atoms with van der Waals surface area (Å²) in [6.45, 7) is 2.00. The van der Waals surface area contributed by atoms with Crippen LogP contribution in [0.4, 0.5) is 27.5 Å². The number of carbonyl (C=O) groups excluding carboxylic acids is 1. The molecule has 1 fully saturated rings. The third-order valence-electron chi connectivity index (χ3n) is 5.45. The first-order valence-corrected chi connectivity index (χ1v) is 11.7. The van der Waals surface area contributed by atoms with Gasteiger partial charge in [-0.2, -0.15) is 4.98 Å². The number of rotatable bonds is 7. The molecule has 11 nitrogen and oxygen atoms in total. The van der Waals surface area contributed by atoms with E-state index in [2.05, 4.69) is 41.1 Å². The van der Waals surface area contributed by atoms with E-state index < -0.39 is 11.7 Å². The number of aromatic nitrogens is 5. The van der Waals surface area contributed by atoms with Crippen LogP contribution in [-0.2, 0) is 4.74 Å². The highest BCUT2D eigenvalue weighted by atomic mass is 35.5. The lowest BCUT2D eigenvalue weighted by Crippen LogP contribution is -2.38. The van der Waals surface area contributed by atoms with E-state index in [1.165, 1.54) is 12.5 Å². The minimum absolute atomic E-state index is 0.0505. The molecule has 13 heteroatoms. The molecule has 37 heavy (non-hydrogen) atoms. The fourth-order valence-electron chi connectivity index (χ4n) is 3.59. The molecule has 0 aliphatic carbocycles. The van der Waals surface area contributed by atoms with E-state index >= 15 is 0 Å². The van der Waals surface area contributed by atoms with Gasteiger partial charge in [0.15, 0.2) is 11.6 Å². The number of halogens is 2. The zero-order chi connectivity index (χ0) is 25.6. The van der Waals surface area contributed by atoms with E-state index in [9.17, 15) is 9.18 Å². The SMILES string of the molecule is O=C(NNc1ncc(F)c(N2CCOCC2)n1)c1ccc(Nc2ccc(-c3ccncn3)cc2Cl)cn1. The smallest absolute Gasteiger partial charge is 0.288 e. The number of amides is 1. The average Bonchev–Trinajstić information content (AvgIpc) is 2.95. The molecule has 1 aliphatic heterocycles. The van der Waals surface area contributed by atoms with Crippen molar-refractivity contribution in [2.45, 2.75) is 0 Å². The van der Waals surface area contributed by atoms with Gasteiger partial charge in [0.2, 0.25) is 5.95 Å². The molecule has 0 radical (unpaired) electrons. The Morgan fingerprint density at radius 3 is 2.65 bits per heavy atom. The Hall–Kier alpha value is -4.42. The fourth-order valence-corrected chi connectivity index (χ4v) is 3.81. The van der Waals surface area contributed by atoms with Crippen LogP contribution in [0.5, 0.6) is 0 Å². The highest BCUT2D eigenvalue weighted by Crippen LogP contribution is 2.29. The summed E-state index contributed by atoms with van der Waals surface area (Å²) < 4.78 is 19.5. The Bertz CT molecular complexity index is 1390. The molecule has 5 rings (SSSR count). The second kappa shape index (κ2) is 11.1. The number of nitrogens with one attached hydrogen (secondary N) is 3. The summed E-state index contributed by atoms with van der Waals surface area (Å²) in [6, 6.07) is 10.6. The Kier molecular flexibility index (Phi) is 7.28. The zero-order valence-electron chi connectivity index (χ0n) is 19.4. The van der Waals surface area contributed by atoms with Gasteiger partial charge in [-0.3, -0.25) is 15.6 Å². The lowest BCUT2D eigenvalue weighted by Gasteiger charge is -2.28. The molecule has 0 atom stereocenters. The van der Waals surface area contributed by atoms with Gasteiger partial charge in [-0.1, -0.05) is 17.7 Å². The van der Waals surface area contributed by atoms with Crippen LogP contribution in [0.2, 0.25) is 5.02 Å². The van der Waals surface area contributed by atoms with Crippen molar-refractivity contribution in [1.29, 1.82) is 0 Å². The van der Waals surface area contributed by atoms with Crippen molar-refractivity contribution in [3.8, 4) is 11.3 Å². The monoisotopic (exact) mass is 521 g/mol. The molecular weight excluding hydrogens is 501 g/mol. The maximum Gasteiger partial charge on any atom is 0.288 e. The highest BCUT2D eigenvalue weighted by Gasteiger charge is 2.18. The first-order valence-electron chi connectivity index (χ1n) is 11.3. The first kappa shape index (κ1) is 24.3. The van der Waals surface area contributed by atoms with E-state index in [1.807, 2.05) is 12.1 Å². The highest BCUT2D eigenvalue weighted by molar-refractivity contribution is 6.33. The second-order valence-corrected chi connectivity index (χ2v) is 8.30. The van der Waals surface area contributed by atoms with Crippen molar-refractivity contribution in [1.82, 2.24) is 30.3 Å². The van der Waals surface area contributed by atoms with Crippen molar-refractivity contribution in [2.24, 2.45) is 0 Å². The van der Waals surface area contributed by atoms with Crippen molar-refractivity contribution >= 4 is 40.6 Å². The Morgan fingerprint density at radius 1 is 1.05 bits per heavy atom. The van der Waals surface area contributed by atoms with Gasteiger partial charge in [0.25, 0.3) is 5.91 Å². The van der Waals surface area contributed by atoms with E-state index in [-0.39, 0.29) is 17.5 Å². The predicted octanol–water partition coefficient (Wildman–Crippen LogP) is 3.46. The standard InChI is InChI=1S/C24H21ClFN9O2/c25-17-11-15(19-5-6-27-14-30-19)1-3-20(17)31-16-2-4-21(28-12-16)23(36)33-34-24-29-13-18(26)22(32-24)35-7-9-37-10-8-35/h1-6,11-14,31H,7-10H2,(H,33,36)(H,29,32,34). The average molecular weight is 522 g/mol. The number of hydrazine groups is 1. The number of hydrogen-bond acceptors (Lipinski definition) is 10. The molecule has 1 aromatic carbocycles. The zero-order valence-corrected chi connectivity index (χ0v) is 20.1. The minimum Gasteiger partial charge on any atom is -0.378 e. The van der Waals surface area contributed by atoms with Gasteiger partial charge >= 0.3 is 0 Å². The van der Waals surface area contributed by atoms with Crippen molar-refractivity contribution in [3.63, 3.8) is 0 Å². The van der Waals surface area contributed by atoms with Gasteiger partial charge in [-0.05, 0) is 30.3 Å². The van der Waals surface area contributed by atoms with Gasteiger partial charge in [-0.15, -0.1) is 0 Å². The largest absolute Gasteiger partial charge is 0.378 e. The van der Waals surface area contributed by atoms with Gasteiger partial charge in [0.1, 0.15) is 12.0 Å². The summed E-state index contributed by atoms with van der Waals surface area (Å²) in [7, 11) is 0. The number of pyridine rings is 1. The summed E-state index contributed by atoms with van der Waals surface area (Å²) in [6.07, 6.45) is 5.70. The molecule has 1 amide bonds. The number of morpholine rings is 1. The fraction of sp³-hybridized carbons (Fsp3) is 0.167. The van der Waals surface area contributed by atoms with Crippen LogP contribution in [0.3, 0.4) is 0 Å². The van der Waals surface area contributed by atoms with E-state index in [0.717, 1.165) is 17.5 Å². The molecule has 3 N–H and O–H groups in total. The molecule has 4 aromatic rings. The summed E-state index contributed by atoms with van der Waals surface area (Å²) in [4.78, 5) is 34.6. The van der Waals surface area contributed by atoms with Crippen LogP contribution in [0.25, 0.3) is 11.3 Å². The first-order chi connectivity index (χ1) is 18.1. The Morgan fingerprint density at radius 2 is 1.92 bits per heavy atom. The molecule has 1 saturated heterocycles. The third kappa shape index (κ3) is 5.88. The number of anilines is 4. The predicted molar refractivity (Wildman–Crippen MR) is 136 cm³/mol. The van der Waals surface area contributed by atoms with Crippen molar-refractivity contribution in [3.05, 3.63) is 77.8 Å². The molecule has 0 spiro atoms. The van der Waals surface area contributed by atoms with Crippen molar-refractivity contribution in [2.75, 3.05) is 41.9 Å². The molecular formula is C24H21ClFN9O2. The van der Waals surface area contributed by atoms with Crippen LogP contribution < -0.4 is 21.1 Å². The summed E-state index contributed by atoms with van der Waals surface area (Å²) in [5.74, 6) is -0.867. The van der Waals surface area contributed by atoms with Crippen LogP contribution in [0.1, 0.15) is 10.5 Å². The molecule has 0 bridgehead atoms. The summed E-state index contributed by atoms with van der Waals surface area (Å²) >= 11 is 6.44.